The largest absolute Gasteiger partial charge is 0.459 e. The van der Waals surface area contributed by atoms with Crippen LogP contribution in [0.15, 0.2) is 30.3 Å². The molecule has 0 aliphatic carbocycles. The lowest BCUT2D eigenvalue weighted by molar-refractivity contribution is -0.159. The van der Waals surface area contributed by atoms with Gasteiger partial charge in [-0.1, -0.05) is 44.2 Å². The highest BCUT2D eigenvalue weighted by Gasteiger charge is 2.42. The van der Waals surface area contributed by atoms with Gasteiger partial charge in [0.1, 0.15) is 11.6 Å². The van der Waals surface area contributed by atoms with Gasteiger partial charge in [0.05, 0.1) is 24.7 Å². The molecule has 266 valence electrons. The number of Topliss-reactive ketones (excluding diaryl/α,β-unsaturated/α-hetero) is 1. The summed E-state index contributed by atoms with van der Waals surface area (Å²) in [4.78, 5) is 81.6. The molecule has 0 saturated carbocycles. The molecule has 0 aromatic heterocycles. The quantitative estimate of drug-likeness (QED) is 0.210. The first-order chi connectivity index (χ1) is 22.6. The molecule has 13 nitrogen and oxygen atoms in total. The maximum absolute atomic E-state index is 13.6. The van der Waals surface area contributed by atoms with Crippen LogP contribution in [0.5, 0.6) is 0 Å². The SMILES string of the molecule is CC(C)OC(=O)C(=O)[C@H](Cc1ccccc1)N1CCC[C@H]1C(=O)NC(=O)[C@@H](NC(=O)N1CCC(NCC(=O)OC(C)(C)C)CC1)C(C)C. The van der Waals surface area contributed by atoms with Crippen LogP contribution in [-0.2, 0) is 39.9 Å². The lowest BCUT2D eigenvalue weighted by Gasteiger charge is -2.34. The van der Waals surface area contributed by atoms with Crippen molar-refractivity contribution in [2.45, 2.75) is 116 Å². The van der Waals surface area contributed by atoms with Crippen LogP contribution in [0.4, 0.5) is 4.79 Å². The fraction of sp³-hybridized carbons (Fsp3) is 0.657. The highest BCUT2D eigenvalue weighted by Crippen LogP contribution is 2.24. The number of carbonyl (C=O) groups excluding carboxylic acids is 6. The van der Waals surface area contributed by atoms with Gasteiger partial charge in [0.2, 0.25) is 11.8 Å². The number of carbonyl (C=O) groups is 6. The summed E-state index contributed by atoms with van der Waals surface area (Å²) in [6, 6.07) is 6.09. The number of hydrogen-bond donors (Lipinski definition) is 3. The van der Waals surface area contributed by atoms with Crippen molar-refractivity contribution in [2.75, 3.05) is 26.2 Å². The summed E-state index contributed by atoms with van der Waals surface area (Å²) < 4.78 is 10.5. The van der Waals surface area contributed by atoms with Gasteiger partial charge in [0.25, 0.3) is 5.78 Å². The minimum Gasteiger partial charge on any atom is -0.459 e. The zero-order valence-electron chi connectivity index (χ0n) is 29.4. The van der Waals surface area contributed by atoms with Crippen molar-refractivity contribution in [1.29, 1.82) is 0 Å². The zero-order chi connectivity index (χ0) is 35.6. The highest BCUT2D eigenvalue weighted by atomic mass is 16.6. The molecule has 0 spiro atoms. The number of rotatable bonds is 13. The van der Waals surface area contributed by atoms with E-state index < -0.39 is 59.4 Å². The van der Waals surface area contributed by atoms with Gasteiger partial charge in [-0.05, 0) is 84.7 Å². The first kappa shape index (κ1) is 38.6. The van der Waals surface area contributed by atoms with E-state index in [4.69, 9.17) is 9.47 Å². The second kappa shape index (κ2) is 17.5. The summed E-state index contributed by atoms with van der Waals surface area (Å²) in [6.07, 6.45) is 1.95. The van der Waals surface area contributed by atoms with Crippen molar-refractivity contribution < 1.29 is 38.2 Å². The molecule has 3 rings (SSSR count). The monoisotopic (exact) mass is 671 g/mol. The average Bonchev–Trinajstić information content (AvgIpc) is 3.50. The number of esters is 2. The highest BCUT2D eigenvalue weighted by molar-refractivity contribution is 6.35. The molecule has 2 aliphatic heterocycles. The summed E-state index contributed by atoms with van der Waals surface area (Å²) in [7, 11) is 0. The number of benzene rings is 1. The maximum atomic E-state index is 13.6. The predicted molar refractivity (Wildman–Crippen MR) is 179 cm³/mol. The molecule has 0 bridgehead atoms. The van der Waals surface area contributed by atoms with Crippen molar-refractivity contribution in [1.82, 2.24) is 25.8 Å². The minimum absolute atomic E-state index is 0.0440. The van der Waals surface area contributed by atoms with Crippen molar-refractivity contribution in [2.24, 2.45) is 5.92 Å². The molecule has 2 aliphatic rings. The van der Waals surface area contributed by atoms with Gasteiger partial charge < -0.3 is 25.0 Å². The van der Waals surface area contributed by atoms with Crippen molar-refractivity contribution in [3.63, 3.8) is 0 Å². The van der Waals surface area contributed by atoms with Crippen LogP contribution >= 0.6 is 0 Å². The van der Waals surface area contributed by atoms with Crippen LogP contribution in [0.1, 0.15) is 79.7 Å². The number of likely N-dealkylation sites (tertiary alicyclic amines) is 2. The number of hydrogen-bond acceptors (Lipinski definition) is 10. The number of imide groups is 1. The van der Waals surface area contributed by atoms with Crippen molar-refractivity contribution in [3.05, 3.63) is 35.9 Å². The standard InChI is InChI=1S/C35H53N5O8/c1-22(2)29(37-34(46)39-18-15-25(16-19-39)36-21-28(41)48-35(5,6)7)32(44)38-31(43)26-14-11-17-40(26)27(20-24-12-9-8-10-13-24)30(42)33(45)47-23(3)4/h8-10,12-13,22-23,25-27,29,36H,11,14-21H2,1-7H3,(H,37,46)(H,38,43,44)/t26-,27-,29-/m0/s1. The fourth-order valence-electron chi connectivity index (χ4n) is 5.98. The van der Waals surface area contributed by atoms with Gasteiger partial charge in [-0.3, -0.25) is 29.4 Å². The van der Waals surface area contributed by atoms with Crippen molar-refractivity contribution >= 4 is 35.6 Å². The number of nitrogens with one attached hydrogen (secondary N) is 3. The molecule has 4 amide bonds. The molecule has 0 radical (unpaired) electrons. The van der Waals surface area contributed by atoms with Crippen LogP contribution < -0.4 is 16.0 Å². The Morgan fingerprint density at radius 2 is 1.56 bits per heavy atom. The Labute approximate surface area is 283 Å². The third kappa shape index (κ3) is 11.7. The van der Waals surface area contributed by atoms with E-state index in [1.165, 1.54) is 0 Å². The summed E-state index contributed by atoms with van der Waals surface area (Å²) in [5.41, 5.74) is 0.258. The van der Waals surface area contributed by atoms with E-state index in [0.29, 0.717) is 45.3 Å². The molecule has 2 fully saturated rings. The van der Waals surface area contributed by atoms with E-state index in [1.54, 1.807) is 37.5 Å². The minimum atomic E-state index is -0.984. The molecule has 48 heavy (non-hydrogen) atoms. The maximum Gasteiger partial charge on any atom is 0.376 e. The normalized spacial score (nSPS) is 18.7. The van der Waals surface area contributed by atoms with Gasteiger partial charge >= 0.3 is 18.0 Å². The van der Waals surface area contributed by atoms with Gasteiger partial charge in [0, 0.05) is 19.1 Å². The van der Waals surface area contributed by atoms with Crippen LogP contribution in [0.2, 0.25) is 0 Å². The molecule has 2 saturated heterocycles. The Kier molecular flexibility index (Phi) is 14.1. The van der Waals surface area contributed by atoms with Crippen molar-refractivity contribution in [3.8, 4) is 0 Å². The first-order valence-corrected chi connectivity index (χ1v) is 17.0. The number of piperidine rings is 1. The number of urea groups is 1. The molecular formula is C35H53N5O8. The van der Waals surface area contributed by atoms with E-state index in [9.17, 15) is 28.8 Å². The number of amides is 4. The van der Waals surface area contributed by atoms with Gasteiger partial charge in [-0.15, -0.1) is 0 Å². The topological polar surface area (TPSA) is 163 Å². The van der Waals surface area contributed by atoms with Crippen LogP contribution in [0.25, 0.3) is 0 Å². The molecule has 1 aromatic carbocycles. The summed E-state index contributed by atoms with van der Waals surface area (Å²) in [6.45, 7) is 13.6. The Morgan fingerprint density at radius 3 is 2.15 bits per heavy atom. The second-order valence-electron chi connectivity index (χ2n) is 14.2. The fourth-order valence-corrected chi connectivity index (χ4v) is 5.98. The number of nitrogens with zero attached hydrogens (tertiary/aromatic N) is 2. The third-order valence-corrected chi connectivity index (χ3v) is 8.33. The summed E-state index contributed by atoms with van der Waals surface area (Å²) in [5, 5.41) is 8.46. The average molecular weight is 672 g/mol. The predicted octanol–water partition coefficient (Wildman–Crippen LogP) is 2.36. The third-order valence-electron chi connectivity index (χ3n) is 8.33. The van der Waals surface area contributed by atoms with Crippen LogP contribution in [-0.4, -0.2) is 107 Å². The van der Waals surface area contributed by atoms with E-state index in [2.05, 4.69) is 16.0 Å². The number of ketones is 1. The Hall–Kier alpha value is -3.84. The Balaban J connectivity index is 1.61. The molecule has 1 aromatic rings. The second-order valence-corrected chi connectivity index (χ2v) is 14.2. The van der Waals surface area contributed by atoms with Gasteiger partial charge in [-0.25, -0.2) is 9.59 Å². The molecule has 3 atom stereocenters. The Morgan fingerprint density at radius 1 is 0.917 bits per heavy atom. The van der Waals surface area contributed by atoms with Gasteiger partial charge in [0.15, 0.2) is 0 Å². The number of ether oxygens (including phenoxy) is 2. The first-order valence-electron chi connectivity index (χ1n) is 17.0. The van der Waals surface area contributed by atoms with Crippen LogP contribution in [0, 0.1) is 5.92 Å². The van der Waals surface area contributed by atoms with E-state index in [0.717, 1.165) is 5.56 Å². The van der Waals surface area contributed by atoms with Crippen LogP contribution in [0.3, 0.4) is 0 Å². The molecule has 13 heteroatoms. The van der Waals surface area contributed by atoms with E-state index >= 15 is 0 Å². The molecule has 2 heterocycles. The van der Waals surface area contributed by atoms with E-state index in [1.807, 2.05) is 51.1 Å². The lowest BCUT2D eigenvalue weighted by Crippen LogP contribution is -2.59. The summed E-state index contributed by atoms with van der Waals surface area (Å²) >= 11 is 0. The lowest BCUT2D eigenvalue weighted by atomic mass is 9.99. The smallest absolute Gasteiger partial charge is 0.376 e. The molecule has 0 unspecified atom stereocenters. The zero-order valence-corrected chi connectivity index (χ0v) is 29.4. The molecule has 3 N–H and O–H groups in total. The molecular weight excluding hydrogens is 618 g/mol. The van der Waals surface area contributed by atoms with Gasteiger partial charge in [-0.2, -0.15) is 0 Å². The summed E-state index contributed by atoms with van der Waals surface area (Å²) in [5.74, 6) is -3.59. The van der Waals surface area contributed by atoms with E-state index in [-0.39, 0.29) is 30.9 Å². The Bertz CT molecular complexity index is 1290.